The van der Waals surface area contributed by atoms with Crippen LogP contribution < -0.4 is 10.2 Å². The van der Waals surface area contributed by atoms with Crippen molar-refractivity contribution in [1.82, 2.24) is 9.97 Å². The second kappa shape index (κ2) is 9.32. The van der Waals surface area contributed by atoms with E-state index in [9.17, 15) is 0 Å². The van der Waals surface area contributed by atoms with E-state index in [0.717, 1.165) is 44.1 Å². The molecule has 0 bridgehead atoms. The number of rotatable bonds is 7. The normalized spacial score (nSPS) is 17.0. The molecule has 0 radical (unpaired) electrons. The van der Waals surface area contributed by atoms with Gasteiger partial charge in [-0.25, -0.2) is 9.97 Å². The van der Waals surface area contributed by atoms with Gasteiger partial charge >= 0.3 is 0 Å². The van der Waals surface area contributed by atoms with E-state index >= 15 is 0 Å². The Bertz CT molecular complexity index is 1040. The van der Waals surface area contributed by atoms with Gasteiger partial charge in [0.25, 0.3) is 0 Å². The summed E-state index contributed by atoms with van der Waals surface area (Å²) in [4.78, 5) is 12.4. The van der Waals surface area contributed by atoms with Gasteiger partial charge in [0.15, 0.2) is 0 Å². The molecule has 0 spiro atoms. The lowest BCUT2D eigenvalue weighted by Crippen LogP contribution is -2.32. The van der Waals surface area contributed by atoms with Gasteiger partial charge in [-0.05, 0) is 55.7 Å². The third-order valence-corrected chi connectivity index (χ3v) is 7.12. The molecule has 0 saturated carbocycles. The van der Waals surface area contributed by atoms with Gasteiger partial charge in [-0.3, -0.25) is 0 Å². The number of benzene rings is 2. The number of fused-ring (bicyclic) bond motifs is 1. The first-order valence-electron chi connectivity index (χ1n) is 11.9. The van der Waals surface area contributed by atoms with Gasteiger partial charge in [0.05, 0.1) is 11.4 Å². The van der Waals surface area contributed by atoms with Crippen molar-refractivity contribution in [3.63, 3.8) is 0 Å². The first-order chi connectivity index (χ1) is 15.4. The number of aromatic nitrogens is 2. The third-order valence-electron chi connectivity index (χ3n) is 7.12. The molecule has 1 aromatic heterocycles. The van der Waals surface area contributed by atoms with Crippen LogP contribution >= 0.6 is 0 Å². The van der Waals surface area contributed by atoms with Gasteiger partial charge in [-0.1, -0.05) is 63.2 Å². The maximum absolute atomic E-state index is 5.03. The molecule has 0 fully saturated rings. The molecule has 1 aliphatic rings. The van der Waals surface area contributed by atoms with Crippen LogP contribution in [0.1, 0.15) is 51.4 Å². The van der Waals surface area contributed by atoms with E-state index in [0.29, 0.717) is 5.92 Å². The minimum absolute atomic E-state index is 0.238. The Morgan fingerprint density at radius 2 is 1.66 bits per heavy atom. The fourth-order valence-corrected chi connectivity index (χ4v) is 4.59. The van der Waals surface area contributed by atoms with Crippen molar-refractivity contribution >= 4 is 11.6 Å². The molecule has 4 nitrogen and oxygen atoms in total. The fraction of sp³-hybridized carbons (Fsp3) is 0.429. The number of hydrogen-bond donors (Lipinski definition) is 1. The van der Waals surface area contributed by atoms with Crippen LogP contribution in [0.25, 0.3) is 11.3 Å². The quantitative estimate of drug-likeness (QED) is 0.475. The zero-order valence-electron chi connectivity index (χ0n) is 20.2. The SMILES string of the molecule is CCN(CC)c1ccc(-c2nc(NCc3ccccc3)nc3c2CC(C)C(C)(C)C3)cc1. The smallest absolute Gasteiger partial charge is 0.223 e. The van der Waals surface area contributed by atoms with Crippen molar-refractivity contribution in [2.45, 2.75) is 54.0 Å². The second-order valence-electron chi connectivity index (χ2n) is 9.65. The van der Waals surface area contributed by atoms with Gasteiger partial charge in [0.1, 0.15) is 0 Å². The lowest BCUT2D eigenvalue weighted by atomic mass is 9.68. The summed E-state index contributed by atoms with van der Waals surface area (Å²) in [5.41, 5.74) is 7.50. The Labute approximate surface area is 193 Å². The zero-order chi connectivity index (χ0) is 22.7. The molecule has 0 aliphatic heterocycles. The number of nitrogens with zero attached hydrogens (tertiary/aromatic N) is 3. The van der Waals surface area contributed by atoms with Crippen molar-refractivity contribution in [3.8, 4) is 11.3 Å². The summed E-state index contributed by atoms with van der Waals surface area (Å²) in [7, 11) is 0. The Morgan fingerprint density at radius 1 is 0.969 bits per heavy atom. The lowest BCUT2D eigenvalue weighted by molar-refractivity contribution is 0.209. The molecule has 2 aromatic carbocycles. The topological polar surface area (TPSA) is 41.1 Å². The van der Waals surface area contributed by atoms with Crippen LogP contribution in [0, 0.1) is 11.3 Å². The minimum atomic E-state index is 0.238. The summed E-state index contributed by atoms with van der Waals surface area (Å²) in [6.45, 7) is 14.2. The zero-order valence-corrected chi connectivity index (χ0v) is 20.2. The average Bonchev–Trinajstić information content (AvgIpc) is 2.80. The van der Waals surface area contributed by atoms with Crippen molar-refractivity contribution in [2.75, 3.05) is 23.3 Å². The fourth-order valence-electron chi connectivity index (χ4n) is 4.59. The van der Waals surface area contributed by atoms with E-state index in [1.165, 1.54) is 28.1 Å². The maximum Gasteiger partial charge on any atom is 0.223 e. The maximum atomic E-state index is 5.03. The standard InChI is InChI=1S/C28H36N4/c1-6-32(7-2)23-15-13-22(14-16-23)26-24-17-20(3)28(4,5)18-25(24)30-27(31-26)29-19-21-11-9-8-10-12-21/h8-16,20H,6-7,17-19H2,1-5H3,(H,29,30,31). The van der Waals surface area contributed by atoms with Crippen LogP contribution in [0.4, 0.5) is 11.6 Å². The lowest BCUT2D eigenvalue weighted by Gasteiger charge is -2.37. The molecule has 1 N–H and O–H groups in total. The molecule has 1 heterocycles. The van der Waals surface area contributed by atoms with E-state index in [2.05, 4.69) is 93.4 Å². The van der Waals surface area contributed by atoms with Crippen LogP contribution in [0.2, 0.25) is 0 Å². The van der Waals surface area contributed by atoms with E-state index in [4.69, 9.17) is 9.97 Å². The highest BCUT2D eigenvalue weighted by Crippen LogP contribution is 2.42. The molecule has 0 saturated heterocycles. The second-order valence-corrected chi connectivity index (χ2v) is 9.65. The summed E-state index contributed by atoms with van der Waals surface area (Å²) < 4.78 is 0. The first-order valence-corrected chi connectivity index (χ1v) is 11.9. The third kappa shape index (κ3) is 4.64. The number of anilines is 2. The highest BCUT2D eigenvalue weighted by molar-refractivity contribution is 5.68. The van der Waals surface area contributed by atoms with Crippen LogP contribution in [0.15, 0.2) is 54.6 Å². The largest absolute Gasteiger partial charge is 0.372 e. The van der Waals surface area contributed by atoms with Crippen molar-refractivity contribution in [1.29, 1.82) is 0 Å². The molecule has 1 unspecified atom stereocenters. The summed E-state index contributed by atoms with van der Waals surface area (Å²) in [5.74, 6) is 1.32. The van der Waals surface area contributed by atoms with Gasteiger partial charge < -0.3 is 10.2 Å². The van der Waals surface area contributed by atoms with Crippen LogP contribution in [-0.2, 0) is 19.4 Å². The summed E-state index contributed by atoms with van der Waals surface area (Å²) in [5, 5.41) is 3.48. The van der Waals surface area contributed by atoms with Crippen LogP contribution in [-0.4, -0.2) is 23.1 Å². The van der Waals surface area contributed by atoms with E-state index in [1.54, 1.807) is 0 Å². The van der Waals surface area contributed by atoms with Crippen molar-refractivity contribution < 1.29 is 0 Å². The molecular weight excluding hydrogens is 392 g/mol. The summed E-state index contributed by atoms with van der Waals surface area (Å²) in [6.07, 6.45) is 2.00. The monoisotopic (exact) mass is 428 g/mol. The van der Waals surface area contributed by atoms with Gasteiger partial charge in [0.2, 0.25) is 5.95 Å². The first kappa shape index (κ1) is 22.3. The van der Waals surface area contributed by atoms with Gasteiger partial charge in [-0.2, -0.15) is 0 Å². The minimum Gasteiger partial charge on any atom is -0.372 e. The molecular formula is C28H36N4. The summed E-state index contributed by atoms with van der Waals surface area (Å²) in [6, 6.07) is 19.3. The highest BCUT2D eigenvalue weighted by Gasteiger charge is 2.35. The predicted molar refractivity (Wildman–Crippen MR) is 135 cm³/mol. The van der Waals surface area contributed by atoms with Crippen LogP contribution in [0.5, 0.6) is 0 Å². The van der Waals surface area contributed by atoms with E-state index < -0.39 is 0 Å². The molecule has 4 rings (SSSR count). The Kier molecular flexibility index (Phi) is 6.50. The molecule has 168 valence electrons. The van der Waals surface area contributed by atoms with Gasteiger partial charge in [-0.15, -0.1) is 0 Å². The van der Waals surface area contributed by atoms with Crippen LogP contribution in [0.3, 0.4) is 0 Å². The van der Waals surface area contributed by atoms with Crippen molar-refractivity contribution in [3.05, 3.63) is 71.4 Å². The molecule has 3 aromatic rings. The van der Waals surface area contributed by atoms with Crippen molar-refractivity contribution in [2.24, 2.45) is 11.3 Å². The Hall–Kier alpha value is -2.88. The highest BCUT2D eigenvalue weighted by atomic mass is 15.1. The molecule has 0 amide bonds. The predicted octanol–water partition coefficient (Wildman–Crippen LogP) is 6.36. The average molecular weight is 429 g/mol. The Morgan fingerprint density at radius 3 is 2.31 bits per heavy atom. The molecule has 4 heteroatoms. The van der Waals surface area contributed by atoms with Gasteiger partial charge in [0, 0.05) is 36.4 Å². The van der Waals surface area contributed by atoms with E-state index in [-0.39, 0.29) is 5.41 Å². The van der Waals surface area contributed by atoms with E-state index in [1.807, 2.05) is 6.07 Å². The Balaban J connectivity index is 1.71. The summed E-state index contributed by atoms with van der Waals surface area (Å²) >= 11 is 0. The molecule has 1 atom stereocenters. The molecule has 32 heavy (non-hydrogen) atoms. The molecule has 1 aliphatic carbocycles. The number of nitrogens with one attached hydrogen (secondary N) is 1. The number of hydrogen-bond acceptors (Lipinski definition) is 4.